The molecule has 0 bridgehead atoms. The zero-order chi connectivity index (χ0) is 14.4. The average Bonchev–Trinajstić information content (AvgIpc) is 2.41. The molecule has 20 heavy (non-hydrogen) atoms. The number of amides is 1. The molecule has 5 heteroatoms. The summed E-state index contributed by atoms with van der Waals surface area (Å²) >= 11 is 0. The van der Waals surface area contributed by atoms with Crippen LogP contribution in [0.25, 0.3) is 0 Å². The molecule has 1 heterocycles. The van der Waals surface area contributed by atoms with Gasteiger partial charge in [0.1, 0.15) is 5.75 Å². The summed E-state index contributed by atoms with van der Waals surface area (Å²) in [5, 5.41) is 21.0. The van der Waals surface area contributed by atoms with E-state index < -0.39 is 0 Å². The van der Waals surface area contributed by atoms with Gasteiger partial charge in [0, 0.05) is 19.1 Å². The summed E-state index contributed by atoms with van der Waals surface area (Å²) in [5.74, 6) is 0.162. The summed E-state index contributed by atoms with van der Waals surface area (Å²) < 4.78 is 0. The van der Waals surface area contributed by atoms with Crippen LogP contribution in [0.2, 0.25) is 0 Å². The highest BCUT2D eigenvalue weighted by Crippen LogP contribution is 2.13. The number of hydrogen-bond acceptors (Lipinski definition) is 4. The average molecular weight is 273 g/mol. The Labute approximate surface area is 118 Å². The fourth-order valence-corrected chi connectivity index (χ4v) is 2.47. The zero-order valence-electron chi connectivity index (χ0n) is 11.4. The highest BCUT2D eigenvalue weighted by molar-refractivity contribution is 5.79. The zero-order valence-corrected chi connectivity index (χ0v) is 11.4. The second-order valence-electron chi connectivity index (χ2n) is 5.12. The van der Waals surface area contributed by atoms with Crippen molar-refractivity contribution in [3.63, 3.8) is 0 Å². The maximum Gasteiger partial charge on any atom is 0.224 e. The minimum Gasteiger partial charge on any atom is -0.508 e. The summed E-state index contributed by atoms with van der Waals surface area (Å²) in [6.07, 6.45) is 2.05. The van der Waals surface area contributed by atoms with Crippen molar-refractivity contribution in [1.29, 1.82) is 5.26 Å². The van der Waals surface area contributed by atoms with Crippen molar-refractivity contribution in [2.24, 2.45) is 0 Å². The number of phenols is 1. The number of carbonyl (C=O) groups is 1. The van der Waals surface area contributed by atoms with Gasteiger partial charge in [-0.2, -0.15) is 5.26 Å². The van der Waals surface area contributed by atoms with Gasteiger partial charge in [-0.05, 0) is 30.5 Å². The number of hydrogen-bond donors (Lipinski definition) is 2. The minimum atomic E-state index is -0.0191. The van der Waals surface area contributed by atoms with Crippen LogP contribution in [0, 0.1) is 11.3 Å². The maximum atomic E-state index is 11.9. The fourth-order valence-electron chi connectivity index (χ4n) is 2.47. The highest BCUT2D eigenvalue weighted by Gasteiger charge is 2.20. The van der Waals surface area contributed by atoms with E-state index in [1.807, 2.05) is 6.07 Å². The molecule has 1 saturated heterocycles. The molecular weight excluding hydrogens is 254 g/mol. The second-order valence-corrected chi connectivity index (χ2v) is 5.12. The lowest BCUT2D eigenvalue weighted by Gasteiger charge is -2.30. The molecule has 2 N–H and O–H groups in total. The lowest BCUT2D eigenvalue weighted by molar-refractivity contribution is -0.121. The van der Waals surface area contributed by atoms with E-state index in [4.69, 9.17) is 5.26 Å². The van der Waals surface area contributed by atoms with Crippen molar-refractivity contribution < 1.29 is 9.90 Å². The molecule has 0 unspecified atom stereocenters. The van der Waals surface area contributed by atoms with Gasteiger partial charge in [-0.15, -0.1) is 0 Å². The number of piperidine rings is 1. The van der Waals surface area contributed by atoms with Crippen LogP contribution in [0.1, 0.15) is 18.4 Å². The van der Waals surface area contributed by atoms with Crippen molar-refractivity contribution >= 4 is 5.91 Å². The third-order valence-corrected chi connectivity index (χ3v) is 3.52. The van der Waals surface area contributed by atoms with Crippen LogP contribution in [-0.4, -0.2) is 41.6 Å². The van der Waals surface area contributed by atoms with Gasteiger partial charge in [-0.3, -0.25) is 9.69 Å². The molecule has 1 aliphatic heterocycles. The van der Waals surface area contributed by atoms with Gasteiger partial charge in [0.2, 0.25) is 5.91 Å². The minimum absolute atomic E-state index is 0.0191. The quantitative estimate of drug-likeness (QED) is 0.804. The Morgan fingerprint density at radius 1 is 1.45 bits per heavy atom. The summed E-state index contributed by atoms with van der Waals surface area (Å²) in [7, 11) is 0. The molecule has 0 aromatic heterocycles. The van der Waals surface area contributed by atoms with Crippen LogP contribution >= 0.6 is 0 Å². The van der Waals surface area contributed by atoms with Gasteiger partial charge in [0.25, 0.3) is 0 Å². The number of nitrogens with one attached hydrogen (secondary N) is 1. The normalized spacial score (nSPS) is 16.6. The third kappa shape index (κ3) is 4.25. The number of rotatable bonds is 4. The van der Waals surface area contributed by atoms with E-state index in [9.17, 15) is 9.90 Å². The van der Waals surface area contributed by atoms with Gasteiger partial charge < -0.3 is 10.4 Å². The third-order valence-electron chi connectivity index (χ3n) is 3.52. The van der Waals surface area contributed by atoms with E-state index in [-0.39, 0.29) is 24.1 Å². The van der Waals surface area contributed by atoms with Crippen LogP contribution in [0.15, 0.2) is 24.3 Å². The Morgan fingerprint density at radius 3 is 2.85 bits per heavy atom. The number of aromatic hydroxyl groups is 1. The molecular formula is C15H19N3O2. The van der Waals surface area contributed by atoms with E-state index in [0.29, 0.717) is 6.54 Å². The smallest absolute Gasteiger partial charge is 0.224 e. The van der Waals surface area contributed by atoms with E-state index in [2.05, 4.69) is 16.3 Å². The second kappa shape index (κ2) is 6.92. The first-order valence-corrected chi connectivity index (χ1v) is 6.84. The first kappa shape index (κ1) is 14.4. The summed E-state index contributed by atoms with van der Waals surface area (Å²) in [6.45, 7) is 2.17. The summed E-state index contributed by atoms with van der Waals surface area (Å²) in [4.78, 5) is 14.0. The van der Waals surface area contributed by atoms with Crippen molar-refractivity contribution in [2.75, 3.05) is 19.6 Å². The van der Waals surface area contributed by atoms with E-state index in [0.717, 1.165) is 31.5 Å². The number of phenolic OH excluding ortho intramolecular Hbond substituents is 1. The van der Waals surface area contributed by atoms with Crippen LogP contribution in [-0.2, 0) is 11.2 Å². The molecule has 1 aliphatic rings. The van der Waals surface area contributed by atoms with Gasteiger partial charge >= 0.3 is 0 Å². The largest absolute Gasteiger partial charge is 0.508 e. The van der Waals surface area contributed by atoms with Crippen molar-refractivity contribution in [2.45, 2.75) is 25.3 Å². The van der Waals surface area contributed by atoms with Gasteiger partial charge in [-0.25, -0.2) is 0 Å². The number of likely N-dealkylation sites (tertiary alicyclic amines) is 1. The lowest BCUT2D eigenvalue weighted by atomic mass is 10.0. The van der Waals surface area contributed by atoms with E-state index in [1.165, 1.54) is 0 Å². The Morgan fingerprint density at radius 2 is 2.20 bits per heavy atom. The molecule has 0 atom stereocenters. The van der Waals surface area contributed by atoms with Crippen LogP contribution in [0.3, 0.4) is 0 Å². The Kier molecular flexibility index (Phi) is 4.97. The SMILES string of the molecule is N#CCN1CCC(NC(=O)Cc2cccc(O)c2)CC1. The van der Waals surface area contributed by atoms with Crippen molar-refractivity contribution in [3.05, 3.63) is 29.8 Å². The molecule has 0 aliphatic carbocycles. The molecule has 1 aromatic rings. The van der Waals surface area contributed by atoms with Crippen LogP contribution in [0.4, 0.5) is 0 Å². The molecule has 2 rings (SSSR count). The van der Waals surface area contributed by atoms with Crippen LogP contribution in [0.5, 0.6) is 5.75 Å². The maximum absolute atomic E-state index is 11.9. The topological polar surface area (TPSA) is 76.4 Å². The lowest BCUT2D eigenvalue weighted by Crippen LogP contribution is -2.45. The van der Waals surface area contributed by atoms with Crippen molar-refractivity contribution in [1.82, 2.24) is 10.2 Å². The Hall–Kier alpha value is -2.06. The highest BCUT2D eigenvalue weighted by atomic mass is 16.3. The molecule has 0 radical (unpaired) electrons. The van der Waals surface area contributed by atoms with Crippen molar-refractivity contribution in [3.8, 4) is 11.8 Å². The van der Waals surface area contributed by atoms with E-state index in [1.54, 1.807) is 18.2 Å². The predicted octanol–water partition coefficient (Wildman–Crippen LogP) is 1.04. The predicted molar refractivity (Wildman–Crippen MR) is 75.0 cm³/mol. The molecule has 1 fully saturated rings. The number of benzene rings is 1. The number of nitriles is 1. The first-order chi connectivity index (χ1) is 9.67. The van der Waals surface area contributed by atoms with E-state index >= 15 is 0 Å². The summed E-state index contributed by atoms with van der Waals surface area (Å²) in [5.41, 5.74) is 0.810. The van der Waals surface area contributed by atoms with Crippen LogP contribution < -0.4 is 5.32 Å². The molecule has 5 nitrogen and oxygen atoms in total. The standard InChI is InChI=1S/C15H19N3O2/c16-6-9-18-7-4-13(5-8-18)17-15(20)11-12-2-1-3-14(19)10-12/h1-3,10,13,19H,4-5,7-9,11H2,(H,17,20). The monoisotopic (exact) mass is 273 g/mol. The molecule has 1 aromatic carbocycles. The number of carbonyl (C=O) groups excluding carboxylic acids is 1. The van der Waals surface area contributed by atoms with Gasteiger partial charge in [0.15, 0.2) is 0 Å². The summed E-state index contributed by atoms with van der Waals surface area (Å²) in [6, 6.07) is 9.09. The Balaban J connectivity index is 1.77. The van der Waals surface area contributed by atoms with Gasteiger partial charge in [0.05, 0.1) is 19.0 Å². The van der Waals surface area contributed by atoms with Gasteiger partial charge in [-0.1, -0.05) is 12.1 Å². The molecule has 1 amide bonds. The number of nitrogens with zero attached hydrogens (tertiary/aromatic N) is 2. The molecule has 0 saturated carbocycles. The first-order valence-electron chi connectivity index (χ1n) is 6.84. The molecule has 0 spiro atoms. The molecule has 106 valence electrons. The Bertz CT molecular complexity index is 502. The fraction of sp³-hybridized carbons (Fsp3) is 0.467.